The Morgan fingerprint density at radius 3 is 2.48 bits per heavy atom. The molecule has 0 aliphatic carbocycles. The number of amides is 1. The van der Waals surface area contributed by atoms with Crippen LogP contribution in [0, 0.1) is 0 Å². The van der Waals surface area contributed by atoms with E-state index in [4.69, 9.17) is 0 Å². The van der Waals surface area contributed by atoms with Crippen LogP contribution in [0.5, 0.6) is 0 Å². The van der Waals surface area contributed by atoms with E-state index in [1.165, 1.54) is 16.9 Å². The van der Waals surface area contributed by atoms with Gasteiger partial charge in [-0.25, -0.2) is 0 Å². The Kier molecular flexibility index (Phi) is 5.98. The molecule has 0 unspecified atom stereocenters. The highest BCUT2D eigenvalue weighted by molar-refractivity contribution is 8.00. The lowest BCUT2D eigenvalue weighted by Crippen LogP contribution is -2.08. The molecule has 4 nitrogen and oxygen atoms in total. The number of carbonyl (C=O) groups excluding carboxylic acids is 1. The third kappa shape index (κ3) is 5.27. The van der Waals surface area contributed by atoms with Gasteiger partial charge in [0.25, 0.3) is 0 Å². The fourth-order valence-corrected chi connectivity index (χ4v) is 3.87. The summed E-state index contributed by atoms with van der Waals surface area (Å²) in [7, 11) is 0. The Morgan fingerprint density at radius 1 is 1.08 bits per heavy atom. The molecule has 0 saturated heterocycles. The standard InChI is InChI=1S/C19H17N3OS2/c1-14(16-10-6-3-7-11-16)12-17(23)20-18-21-22-19(25-18)24-13-15-8-4-2-5-9-15/h2-12H,13H2,1H3,(H,20,21,23)/b14-12+. The molecule has 1 heterocycles. The number of carbonyl (C=O) groups is 1. The second kappa shape index (κ2) is 8.60. The maximum Gasteiger partial charge on any atom is 0.250 e. The number of aromatic nitrogens is 2. The number of anilines is 1. The third-order valence-electron chi connectivity index (χ3n) is 3.42. The molecule has 0 aliphatic heterocycles. The molecule has 0 atom stereocenters. The summed E-state index contributed by atoms with van der Waals surface area (Å²) in [6.07, 6.45) is 1.58. The van der Waals surface area contributed by atoms with Gasteiger partial charge >= 0.3 is 0 Å². The van der Waals surface area contributed by atoms with Crippen LogP contribution in [0.4, 0.5) is 5.13 Å². The fourth-order valence-electron chi connectivity index (χ4n) is 2.16. The van der Waals surface area contributed by atoms with Gasteiger partial charge in [-0.2, -0.15) is 0 Å². The first-order valence-corrected chi connectivity index (χ1v) is 9.56. The molecule has 6 heteroatoms. The average Bonchev–Trinajstić information content (AvgIpc) is 3.08. The van der Waals surface area contributed by atoms with E-state index in [0.29, 0.717) is 5.13 Å². The lowest BCUT2D eigenvalue weighted by molar-refractivity contribution is -0.111. The normalized spacial score (nSPS) is 11.3. The smallest absolute Gasteiger partial charge is 0.250 e. The first kappa shape index (κ1) is 17.4. The third-order valence-corrected chi connectivity index (χ3v) is 5.46. The number of allylic oxidation sites excluding steroid dienone is 1. The molecule has 3 aromatic rings. The molecule has 2 aromatic carbocycles. The van der Waals surface area contributed by atoms with Crippen molar-refractivity contribution < 1.29 is 4.79 Å². The minimum absolute atomic E-state index is 0.197. The van der Waals surface area contributed by atoms with Gasteiger partial charge in [-0.15, -0.1) is 10.2 Å². The van der Waals surface area contributed by atoms with Crippen molar-refractivity contribution in [3.63, 3.8) is 0 Å². The molecule has 126 valence electrons. The molecule has 1 N–H and O–H groups in total. The van der Waals surface area contributed by atoms with E-state index < -0.39 is 0 Å². The number of hydrogen-bond donors (Lipinski definition) is 1. The van der Waals surface area contributed by atoms with Crippen LogP contribution in [0.1, 0.15) is 18.1 Å². The van der Waals surface area contributed by atoms with Gasteiger partial charge in [0.1, 0.15) is 0 Å². The van der Waals surface area contributed by atoms with Gasteiger partial charge < -0.3 is 0 Å². The van der Waals surface area contributed by atoms with E-state index in [9.17, 15) is 4.79 Å². The predicted octanol–water partition coefficient (Wildman–Crippen LogP) is 4.87. The maximum atomic E-state index is 12.1. The van der Waals surface area contributed by atoms with Crippen molar-refractivity contribution in [2.24, 2.45) is 0 Å². The molecule has 1 aromatic heterocycles. The summed E-state index contributed by atoms with van der Waals surface area (Å²) in [6, 6.07) is 20.0. The highest BCUT2D eigenvalue weighted by Crippen LogP contribution is 2.28. The van der Waals surface area contributed by atoms with Crippen molar-refractivity contribution in [2.75, 3.05) is 5.32 Å². The van der Waals surface area contributed by atoms with Crippen LogP contribution in [-0.2, 0) is 10.5 Å². The second-order valence-corrected chi connectivity index (χ2v) is 7.53. The van der Waals surface area contributed by atoms with Crippen LogP contribution < -0.4 is 5.32 Å². The van der Waals surface area contributed by atoms with Crippen molar-refractivity contribution in [3.05, 3.63) is 77.9 Å². The van der Waals surface area contributed by atoms with E-state index >= 15 is 0 Å². The maximum absolute atomic E-state index is 12.1. The van der Waals surface area contributed by atoms with Gasteiger partial charge in [0.15, 0.2) is 4.34 Å². The average molecular weight is 367 g/mol. The van der Waals surface area contributed by atoms with Crippen LogP contribution in [0.15, 0.2) is 71.1 Å². The summed E-state index contributed by atoms with van der Waals surface area (Å²) in [6.45, 7) is 1.91. The van der Waals surface area contributed by atoms with E-state index in [2.05, 4.69) is 27.6 Å². The van der Waals surface area contributed by atoms with Gasteiger partial charge in [-0.1, -0.05) is 83.8 Å². The molecule has 0 fully saturated rings. The summed E-state index contributed by atoms with van der Waals surface area (Å²) in [5.41, 5.74) is 3.16. The first-order chi connectivity index (χ1) is 12.2. The highest BCUT2D eigenvalue weighted by Gasteiger charge is 2.08. The Balaban J connectivity index is 1.56. The van der Waals surface area contributed by atoms with Crippen molar-refractivity contribution >= 4 is 39.7 Å². The van der Waals surface area contributed by atoms with Crippen molar-refractivity contribution in [2.45, 2.75) is 17.0 Å². The van der Waals surface area contributed by atoms with Gasteiger partial charge in [-0.3, -0.25) is 10.1 Å². The monoisotopic (exact) mass is 367 g/mol. The lowest BCUT2D eigenvalue weighted by Gasteiger charge is -2.01. The van der Waals surface area contributed by atoms with Crippen LogP contribution in [0.3, 0.4) is 0 Å². The summed E-state index contributed by atoms with van der Waals surface area (Å²) in [5.74, 6) is 0.633. The Morgan fingerprint density at radius 2 is 1.76 bits per heavy atom. The van der Waals surface area contributed by atoms with Crippen LogP contribution >= 0.6 is 23.1 Å². The van der Waals surface area contributed by atoms with Gasteiger partial charge in [-0.05, 0) is 23.6 Å². The van der Waals surface area contributed by atoms with Crippen LogP contribution in [-0.4, -0.2) is 16.1 Å². The number of rotatable bonds is 6. The first-order valence-electron chi connectivity index (χ1n) is 7.75. The molecule has 3 rings (SSSR count). The summed E-state index contributed by atoms with van der Waals surface area (Å²) in [5, 5.41) is 11.4. The van der Waals surface area contributed by atoms with Crippen LogP contribution in [0.25, 0.3) is 5.57 Å². The fraction of sp³-hybridized carbons (Fsp3) is 0.105. The van der Waals surface area contributed by atoms with Gasteiger partial charge in [0, 0.05) is 11.8 Å². The summed E-state index contributed by atoms with van der Waals surface area (Å²) < 4.78 is 0.836. The van der Waals surface area contributed by atoms with E-state index in [1.807, 2.05) is 55.5 Å². The van der Waals surface area contributed by atoms with Gasteiger partial charge in [0.2, 0.25) is 11.0 Å². The van der Waals surface area contributed by atoms with Crippen LogP contribution in [0.2, 0.25) is 0 Å². The zero-order chi connectivity index (χ0) is 17.5. The number of nitrogens with zero attached hydrogens (tertiary/aromatic N) is 2. The SMILES string of the molecule is C/C(=C\C(=O)Nc1nnc(SCc2ccccc2)s1)c1ccccc1. The van der Waals surface area contributed by atoms with E-state index in [-0.39, 0.29) is 5.91 Å². The number of benzene rings is 2. The summed E-state index contributed by atoms with van der Waals surface area (Å²) >= 11 is 2.99. The highest BCUT2D eigenvalue weighted by atomic mass is 32.2. The second-order valence-electron chi connectivity index (χ2n) is 5.33. The number of hydrogen-bond acceptors (Lipinski definition) is 5. The zero-order valence-corrected chi connectivity index (χ0v) is 15.3. The molecule has 0 bridgehead atoms. The number of thioether (sulfide) groups is 1. The Labute approximate surface area is 155 Å². The lowest BCUT2D eigenvalue weighted by atomic mass is 10.1. The van der Waals surface area contributed by atoms with Crippen molar-refractivity contribution in [3.8, 4) is 0 Å². The van der Waals surface area contributed by atoms with Crippen molar-refractivity contribution in [1.82, 2.24) is 10.2 Å². The molecule has 0 radical (unpaired) electrons. The molecule has 25 heavy (non-hydrogen) atoms. The quantitative estimate of drug-likeness (QED) is 0.383. The van der Waals surface area contributed by atoms with E-state index in [1.54, 1.807) is 17.8 Å². The molecule has 0 spiro atoms. The largest absolute Gasteiger partial charge is 0.297 e. The molecule has 0 aliphatic rings. The molecular formula is C19H17N3OS2. The number of nitrogens with one attached hydrogen (secondary N) is 1. The van der Waals surface area contributed by atoms with E-state index in [0.717, 1.165) is 21.2 Å². The Bertz CT molecular complexity index is 861. The molecule has 1 amide bonds. The molecular weight excluding hydrogens is 350 g/mol. The Hall–Kier alpha value is -2.44. The van der Waals surface area contributed by atoms with Crippen molar-refractivity contribution in [1.29, 1.82) is 0 Å². The zero-order valence-electron chi connectivity index (χ0n) is 13.7. The predicted molar refractivity (Wildman–Crippen MR) is 105 cm³/mol. The minimum Gasteiger partial charge on any atom is -0.297 e. The summed E-state index contributed by atoms with van der Waals surface area (Å²) in [4.78, 5) is 12.1. The topological polar surface area (TPSA) is 54.9 Å². The molecule has 0 saturated carbocycles. The van der Waals surface area contributed by atoms with Gasteiger partial charge in [0.05, 0.1) is 0 Å². The minimum atomic E-state index is -0.197.